The number of rotatable bonds is 7. The molecule has 0 saturated carbocycles. The van der Waals surface area contributed by atoms with Gasteiger partial charge in [0, 0.05) is 26.2 Å². The van der Waals surface area contributed by atoms with Crippen LogP contribution < -0.4 is 11.2 Å². The van der Waals surface area contributed by atoms with Crippen LogP contribution in [0.25, 0.3) is 0 Å². The molecule has 3 N–H and O–H groups in total. The highest BCUT2D eigenvalue weighted by Gasteiger charge is 2.22. The lowest BCUT2D eigenvalue weighted by molar-refractivity contribution is -0.152. The van der Waals surface area contributed by atoms with Gasteiger partial charge in [-0.1, -0.05) is 30.3 Å². The summed E-state index contributed by atoms with van der Waals surface area (Å²) in [5, 5.41) is 3.90. The van der Waals surface area contributed by atoms with E-state index in [2.05, 4.69) is 10.1 Å². The molecular formula is C21H32N4O6. The molecule has 31 heavy (non-hydrogen) atoms. The van der Waals surface area contributed by atoms with Crippen molar-refractivity contribution >= 4 is 24.3 Å². The van der Waals surface area contributed by atoms with E-state index in [1.165, 1.54) is 0 Å². The summed E-state index contributed by atoms with van der Waals surface area (Å²) in [5.74, 6) is 4.05. The third kappa shape index (κ3) is 11.7. The van der Waals surface area contributed by atoms with Gasteiger partial charge in [0.05, 0.1) is 0 Å². The monoisotopic (exact) mass is 436 g/mol. The van der Waals surface area contributed by atoms with E-state index < -0.39 is 18.3 Å². The Bertz CT molecular complexity index is 714. The van der Waals surface area contributed by atoms with Gasteiger partial charge in [-0.15, -0.1) is 0 Å². The van der Waals surface area contributed by atoms with E-state index in [9.17, 15) is 19.2 Å². The second-order valence-corrected chi connectivity index (χ2v) is 7.80. The highest BCUT2D eigenvalue weighted by molar-refractivity contribution is 5.95. The predicted molar refractivity (Wildman–Crippen MR) is 113 cm³/mol. The van der Waals surface area contributed by atoms with Crippen LogP contribution in [0.2, 0.25) is 0 Å². The van der Waals surface area contributed by atoms with Gasteiger partial charge in [0.2, 0.25) is 11.8 Å². The van der Waals surface area contributed by atoms with Crippen LogP contribution in [0.15, 0.2) is 30.3 Å². The molecule has 0 aliphatic carbocycles. The maximum Gasteiger partial charge on any atom is 0.315 e. The second-order valence-electron chi connectivity index (χ2n) is 7.80. The zero-order chi connectivity index (χ0) is 23.3. The maximum absolute atomic E-state index is 12.0. The van der Waals surface area contributed by atoms with Gasteiger partial charge in [0.1, 0.15) is 25.2 Å². The summed E-state index contributed by atoms with van der Waals surface area (Å²) in [7, 11) is 0. The molecule has 10 heteroatoms. The van der Waals surface area contributed by atoms with Crippen LogP contribution in [0, 0.1) is 0 Å². The van der Waals surface area contributed by atoms with Crippen molar-refractivity contribution in [3.05, 3.63) is 35.9 Å². The predicted octanol–water partition coefficient (Wildman–Crippen LogP) is 0.212. The first-order chi connectivity index (χ1) is 14.6. The first kappa shape index (κ1) is 26.1. The molecule has 0 aromatic heterocycles. The number of nitrogens with two attached hydrogens (primary N) is 1. The zero-order valence-electron chi connectivity index (χ0n) is 18.3. The molecule has 1 saturated heterocycles. The van der Waals surface area contributed by atoms with Crippen molar-refractivity contribution < 1.29 is 28.7 Å². The lowest BCUT2D eigenvalue weighted by Crippen LogP contribution is -2.52. The van der Waals surface area contributed by atoms with E-state index in [-0.39, 0.29) is 24.7 Å². The summed E-state index contributed by atoms with van der Waals surface area (Å²) in [6.07, 6.45) is -0.488. The molecule has 1 aromatic rings. The first-order valence-electron chi connectivity index (χ1n) is 9.97. The quantitative estimate of drug-likeness (QED) is 0.155. The molecule has 0 atom stereocenters. The average molecular weight is 437 g/mol. The molecule has 172 valence electrons. The van der Waals surface area contributed by atoms with Crippen molar-refractivity contribution in [1.29, 1.82) is 0 Å². The molecule has 2 amide bonds. The Morgan fingerprint density at radius 1 is 1.16 bits per heavy atom. The van der Waals surface area contributed by atoms with Crippen LogP contribution in [0.3, 0.4) is 0 Å². The number of amides is 2. The zero-order valence-corrected chi connectivity index (χ0v) is 18.3. The maximum atomic E-state index is 12.0. The fourth-order valence-corrected chi connectivity index (χ4v) is 2.41. The van der Waals surface area contributed by atoms with Gasteiger partial charge in [0.25, 0.3) is 6.47 Å². The number of hydrogen-bond acceptors (Lipinski definition) is 8. The number of esters is 1. The number of carbonyl (C=O) groups excluding carboxylic acids is 4. The molecule has 0 unspecified atom stereocenters. The summed E-state index contributed by atoms with van der Waals surface area (Å²) in [6.45, 7) is 8.37. The SMILES string of the molecule is CC(C)(C)OC=O.NN(CC(=O)N1CCNCC1)C(=O)CC(=O)OCc1ccccc1. The van der Waals surface area contributed by atoms with Gasteiger partial charge in [0.15, 0.2) is 0 Å². The summed E-state index contributed by atoms with van der Waals surface area (Å²) in [6, 6.07) is 9.15. The summed E-state index contributed by atoms with van der Waals surface area (Å²) in [4.78, 5) is 46.8. The van der Waals surface area contributed by atoms with Crippen molar-refractivity contribution in [3.63, 3.8) is 0 Å². The van der Waals surface area contributed by atoms with Crippen molar-refractivity contribution in [3.8, 4) is 0 Å². The first-order valence-corrected chi connectivity index (χ1v) is 9.97. The number of ether oxygens (including phenoxy) is 2. The van der Waals surface area contributed by atoms with Crippen LogP contribution in [0.4, 0.5) is 0 Å². The van der Waals surface area contributed by atoms with Gasteiger partial charge < -0.3 is 19.7 Å². The van der Waals surface area contributed by atoms with E-state index in [1.54, 1.807) is 4.90 Å². The molecule has 2 rings (SSSR count). The number of carbonyl (C=O) groups is 4. The third-order valence-electron chi connectivity index (χ3n) is 4.04. The Morgan fingerprint density at radius 3 is 2.29 bits per heavy atom. The normalized spacial score (nSPS) is 13.4. The molecule has 1 aliphatic heterocycles. The smallest absolute Gasteiger partial charge is 0.315 e. The standard InChI is InChI=1S/C16H22N4O4.C5H10O2/c17-20(11-15(22)19-8-6-18-7-9-19)14(21)10-16(23)24-12-13-4-2-1-3-5-13;1-5(2,3)7-4-6/h1-5,18H,6-12,17H2;4H,1-3H3. The Kier molecular flexibility index (Phi) is 11.2. The summed E-state index contributed by atoms with van der Waals surface area (Å²) < 4.78 is 9.57. The minimum absolute atomic E-state index is 0.0945. The highest BCUT2D eigenvalue weighted by Crippen LogP contribution is 2.03. The average Bonchev–Trinajstić information content (AvgIpc) is 2.73. The fraction of sp³-hybridized carbons (Fsp3) is 0.524. The van der Waals surface area contributed by atoms with Crippen LogP contribution in [0.1, 0.15) is 32.8 Å². The van der Waals surface area contributed by atoms with Crippen LogP contribution >= 0.6 is 0 Å². The van der Waals surface area contributed by atoms with Crippen molar-refractivity contribution in [1.82, 2.24) is 15.2 Å². The van der Waals surface area contributed by atoms with Crippen molar-refractivity contribution in [2.24, 2.45) is 5.84 Å². The number of nitrogens with one attached hydrogen (secondary N) is 1. The molecule has 0 spiro atoms. The Hall–Kier alpha value is -2.98. The van der Waals surface area contributed by atoms with E-state index in [4.69, 9.17) is 10.6 Å². The largest absolute Gasteiger partial charge is 0.462 e. The van der Waals surface area contributed by atoms with Crippen molar-refractivity contribution in [2.45, 2.75) is 39.4 Å². The van der Waals surface area contributed by atoms with Crippen LogP contribution in [-0.4, -0.2) is 72.5 Å². The Balaban J connectivity index is 0.000000592. The summed E-state index contributed by atoms with van der Waals surface area (Å²) >= 11 is 0. The van der Waals surface area contributed by atoms with Gasteiger partial charge in [-0.3, -0.25) is 24.2 Å². The number of nitrogens with zero attached hydrogens (tertiary/aromatic N) is 2. The van der Waals surface area contributed by atoms with Crippen molar-refractivity contribution in [2.75, 3.05) is 32.7 Å². The van der Waals surface area contributed by atoms with E-state index in [0.717, 1.165) is 23.7 Å². The number of hydrazine groups is 1. The van der Waals surface area contributed by atoms with Gasteiger partial charge in [-0.2, -0.15) is 0 Å². The van der Waals surface area contributed by atoms with E-state index in [1.807, 2.05) is 51.1 Å². The lowest BCUT2D eigenvalue weighted by atomic mass is 10.2. The molecule has 0 radical (unpaired) electrons. The minimum Gasteiger partial charge on any atom is -0.462 e. The van der Waals surface area contributed by atoms with Crippen LogP contribution in [0.5, 0.6) is 0 Å². The number of benzene rings is 1. The lowest BCUT2D eigenvalue weighted by Gasteiger charge is -2.29. The molecule has 0 bridgehead atoms. The van der Waals surface area contributed by atoms with E-state index in [0.29, 0.717) is 19.6 Å². The fourth-order valence-electron chi connectivity index (χ4n) is 2.41. The molecule has 1 aliphatic rings. The topological polar surface area (TPSA) is 131 Å². The highest BCUT2D eigenvalue weighted by atomic mass is 16.5. The molecular weight excluding hydrogens is 404 g/mol. The number of piperazine rings is 1. The minimum atomic E-state index is -0.672. The van der Waals surface area contributed by atoms with Gasteiger partial charge >= 0.3 is 5.97 Å². The third-order valence-corrected chi connectivity index (χ3v) is 4.04. The molecule has 10 nitrogen and oxygen atoms in total. The molecule has 1 heterocycles. The Labute approximate surface area is 182 Å². The van der Waals surface area contributed by atoms with Gasteiger partial charge in [-0.25, -0.2) is 5.84 Å². The number of hydrogen-bond donors (Lipinski definition) is 2. The van der Waals surface area contributed by atoms with Gasteiger partial charge in [-0.05, 0) is 26.3 Å². The second kappa shape index (κ2) is 13.3. The van der Waals surface area contributed by atoms with E-state index >= 15 is 0 Å². The Morgan fingerprint density at radius 2 is 1.77 bits per heavy atom. The van der Waals surface area contributed by atoms with Crippen LogP contribution in [-0.2, 0) is 35.3 Å². The molecule has 1 fully saturated rings. The summed E-state index contributed by atoms with van der Waals surface area (Å²) in [5.41, 5.74) is 0.513. The molecule has 1 aromatic carbocycles.